The van der Waals surface area contributed by atoms with Gasteiger partial charge < -0.3 is 18.9 Å². The van der Waals surface area contributed by atoms with E-state index in [1.54, 1.807) is 37.4 Å². The molecule has 136 valence electrons. The van der Waals surface area contributed by atoms with Crippen molar-refractivity contribution in [3.05, 3.63) is 47.5 Å². The molecule has 0 aliphatic carbocycles. The molecule has 1 aliphatic heterocycles. The van der Waals surface area contributed by atoms with E-state index in [9.17, 15) is 9.59 Å². The minimum Gasteiger partial charge on any atom is -0.497 e. The van der Waals surface area contributed by atoms with Crippen molar-refractivity contribution in [1.82, 2.24) is 0 Å². The van der Waals surface area contributed by atoms with Crippen LogP contribution in [-0.2, 0) is 11.2 Å². The summed E-state index contributed by atoms with van der Waals surface area (Å²) in [5.74, 6) is 1.28. The minimum atomic E-state index is -0.430. The molecule has 0 aromatic heterocycles. The maximum absolute atomic E-state index is 12.8. The van der Waals surface area contributed by atoms with Gasteiger partial charge in [0.1, 0.15) is 11.5 Å². The third-order valence-corrected chi connectivity index (χ3v) is 4.23. The molecule has 1 atom stereocenters. The monoisotopic (exact) mass is 356 g/mol. The summed E-state index contributed by atoms with van der Waals surface area (Å²) in [6.07, 6.45) is 0.475. The molecule has 0 spiro atoms. The van der Waals surface area contributed by atoms with Crippen molar-refractivity contribution in [3.8, 4) is 23.0 Å². The van der Waals surface area contributed by atoms with E-state index >= 15 is 0 Å². The number of hydrogen-bond donors (Lipinski definition) is 0. The van der Waals surface area contributed by atoms with Gasteiger partial charge >= 0.3 is 5.97 Å². The van der Waals surface area contributed by atoms with Crippen LogP contribution in [0.4, 0.5) is 0 Å². The lowest BCUT2D eigenvalue weighted by molar-refractivity contribution is -0.132. The molecule has 1 heterocycles. The molecular formula is C20H20O6. The van der Waals surface area contributed by atoms with E-state index < -0.39 is 5.97 Å². The fraction of sp³-hybridized carbons (Fsp3) is 0.300. The van der Waals surface area contributed by atoms with Crippen LogP contribution in [0.3, 0.4) is 0 Å². The molecule has 0 saturated heterocycles. The Morgan fingerprint density at radius 2 is 1.92 bits per heavy atom. The number of rotatable bonds is 5. The molecule has 6 nitrogen and oxygen atoms in total. The lowest BCUT2D eigenvalue weighted by atomic mass is 9.89. The highest BCUT2D eigenvalue weighted by Gasteiger charge is 2.29. The molecule has 0 N–H and O–H groups in total. The Morgan fingerprint density at radius 1 is 1.12 bits per heavy atom. The molecular weight excluding hydrogens is 336 g/mol. The number of carbonyl (C=O) groups excluding carboxylic acids is 2. The van der Waals surface area contributed by atoms with Gasteiger partial charge in [-0.05, 0) is 36.2 Å². The van der Waals surface area contributed by atoms with Crippen LogP contribution in [0.1, 0.15) is 22.8 Å². The summed E-state index contributed by atoms with van der Waals surface area (Å²) in [5, 5.41) is 0. The Balaban J connectivity index is 1.81. The van der Waals surface area contributed by atoms with Gasteiger partial charge in [0.2, 0.25) is 0 Å². The largest absolute Gasteiger partial charge is 0.497 e. The summed E-state index contributed by atoms with van der Waals surface area (Å²) in [6, 6.07) is 10.5. The van der Waals surface area contributed by atoms with E-state index in [0.717, 1.165) is 5.56 Å². The number of fused-ring (bicyclic) bond motifs is 1. The van der Waals surface area contributed by atoms with E-state index in [0.29, 0.717) is 35.0 Å². The highest BCUT2D eigenvalue weighted by molar-refractivity contribution is 6.01. The van der Waals surface area contributed by atoms with Crippen LogP contribution < -0.4 is 18.9 Å². The first-order chi connectivity index (χ1) is 12.5. The van der Waals surface area contributed by atoms with Gasteiger partial charge in [-0.15, -0.1) is 0 Å². The zero-order valence-electron chi connectivity index (χ0n) is 14.9. The number of ether oxygens (including phenoxy) is 4. The van der Waals surface area contributed by atoms with E-state index in [-0.39, 0.29) is 18.3 Å². The molecule has 3 rings (SSSR count). The molecule has 0 fully saturated rings. The van der Waals surface area contributed by atoms with Crippen molar-refractivity contribution < 1.29 is 28.5 Å². The Bertz CT molecular complexity index is 842. The first-order valence-corrected chi connectivity index (χ1v) is 8.22. The number of benzene rings is 2. The zero-order chi connectivity index (χ0) is 18.7. The summed E-state index contributed by atoms with van der Waals surface area (Å²) in [7, 11) is 3.07. The first-order valence-electron chi connectivity index (χ1n) is 8.22. The van der Waals surface area contributed by atoms with Crippen LogP contribution in [0.5, 0.6) is 23.0 Å². The predicted molar refractivity (Wildman–Crippen MR) is 94.3 cm³/mol. The maximum Gasteiger partial charge on any atom is 0.308 e. The van der Waals surface area contributed by atoms with Gasteiger partial charge in [0, 0.05) is 13.0 Å². The van der Waals surface area contributed by atoms with Crippen LogP contribution in [-0.4, -0.2) is 32.6 Å². The van der Waals surface area contributed by atoms with E-state index in [2.05, 4.69) is 0 Å². The van der Waals surface area contributed by atoms with Crippen molar-refractivity contribution in [3.63, 3.8) is 0 Å². The molecule has 1 aliphatic rings. The molecule has 0 saturated carbocycles. The second-order valence-electron chi connectivity index (χ2n) is 6.02. The van der Waals surface area contributed by atoms with Gasteiger partial charge in [-0.25, -0.2) is 0 Å². The van der Waals surface area contributed by atoms with Gasteiger partial charge in [-0.2, -0.15) is 0 Å². The molecule has 6 heteroatoms. The van der Waals surface area contributed by atoms with Crippen molar-refractivity contribution in [1.29, 1.82) is 0 Å². The number of Topliss-reactive ketones (excluding diaryl/α,β-unsaturated/α-hetero) is 1. The number of esters is 1. The van der Waals surface area contributed by atoms with Crippen molar-refractivity contribution in [2.75, 3.05) is 20.8 Å². The Labute approximate surface area is 151 Å². The number of ketones is 1. The summed E-state index contributed by atoms with van der Waals surface area (Å²) in [5.41, 5.74) is 1.41. The standard InChI is InChI=1S/C20H20O6/c1-12(21)26-19-9-13(4-7-17(19)24-3)8-14-11-25-18-10-15(23-2)5-6-16(18)20(14)22/h4-7,9-10,14H,8,11H2,1-3H3/t14-/m0/s1. The number of carbonyl (C=O) groups is 2. The zero-order valence-corrected chi connectivity index (χ0v) is 14.9. The lowest BCUT2D eigenvalue weighted by Gasteiger charge is -2.24. The van der Waals surface area contributed by atoms with E-state index in [1.807, 2.05) is 6.07 Å². The second kappa shape index (κ2) is 7.47. The normalized spacial score (nSPS) is 15.7. The molecule has 26 heavy (non-hydrogen) atoms. The smallest absolute Gasteiger partial charge is 0.308 e. The summed E-state index contributed by atoms with van der Waals surface area (Å²) in [6.45, 7) is 1.61. The summed E-state index contributed by atoms with van der Waals surface area (Å²) >= 11 is 0. The lowest BCUT2D eigenvalue weighted by Crippen LogP contribution is -2.29. The SMILES string of the molecule is COc1ccc2c(c1)OC[C@H](Cc1ccc(OC)c(OC(C)=O)c1)C2=O. The van der Waals surface area contributed by atoms with Gasteiger partial charge in [-0.1, -0.05) is 6.07 Å². The number of hydrogen-bond acceptors (Lipinski definition) is 6. The van der Waals surface area contributed by atoms with Crippen molar-refractivity contribution in [2.24, 2.45) is 5.92 Å². The molecule has 0 amide bonds. The molecule has 2 aromatic carbocycles. The predicted octanol–water partition coefficient (Wildman–Crippen LogP) is 3.06. The first kappa shape index (κ1) is 17.8. The van der Waals surface area contributed by atoms with Crippen molar-refractivity contribution in [2.45, 2.75) is 13.3 Å². The minimum absolute atomic E-state index is 0.0266. The molecule has 2 aromatic rings. The molecule has 0 unspecified atom stereocenters. The fourth-order valence-electron chi connectivity index (χ4n) is 2.96. The van der Waals surface area contributed by atoms with E-state index in [1.165, 1.54) is 14.0 Å². The van der Waals surface area contributed by atoms with Gasteiger partial charge in [0.05, 0.1) is 32.3 Å². The molecule has 0 bridgehead atoms. The highest BCUT2D eigenvalue weighted by atomic mass is 16.6. The van der Waals surface area contributed by atoms with Crippen LogP contribution in [0.15, 0.2) is 36.4 Å². The summed E-state index contributed by atoms with van der Waals surface area (Å²) < 4.78 is 21.3. The maximum atomic E-state index is 12.8. The third-order valence-electron chi connectivity index (χ3n) is 4.23. The van der Waals surface area contributed by atoms with Gasteiger partial charge in [0.15, 0.2) is 17.3 Å². The van der Waals surface area contributed by atoms with Gasteiger partial charge in [-0.3, -0.25) is 9.59 Å². The quantitative estimate of drug-likeness (QED) is 0.606. The van der Waals surface area contributed by atoms with E-state index in [4.69, 9.17) is 18.9 Å². The van der Waals surface area contributed by atoms with Crippen LogP contribution in [0.25, 0.3) is 0 Å². The fourth-order valence-corrected chi connectivity index (χ4v) is 2.96. The Kier molecular flexibility index (Phi) is 5.11. The summed E-state index contributed by atoms with van der Waals surface area (Å²) in [4.78, 5) is 24.0. The van der Waals surface area contributed by atoms with Crippen LogP contribution >= 0.6 is 0 Å². The van der Waals surface area contributed by atoms with Crippen LogP contribution in [0, 0.1) is 5.92 Å². The highest BCUT2D eigenvalue weighted by Crippen LogP contribution is 2.34. The van der Waals surface area contributed by atoms with Crippen LogP contribution in [0.2, 0.25) is 0 Å². The molecule has 0 radical (unpaired) electrons. The topological polar surface area (TPSA) is 71.1 Å². The third kappa shape index (κ3) is 3.64. The second-order valence-corrected chi connectivity index (χ2v) is 6.02. The average molecular weight is 356 g/mol. The van der Waals surface area contributed by atoms with Gasteiger partial charge in [0.25, 0.3) is 0 Å². The van der Waals surface area contributed by atoms with Crippen molar-refractivity contribution >= 4 is 11.8 Å². The Morgan fingerprint density at radius 3 is 2.62 bits per heavy atom. The number of methoxy groups -OCH3 is 2. The average Bonchev–Trinajstić information content (AvgIpc) is 2.63. The Hall–Kier alpha value is -3.02.